The summed E-state index contributed by atoms with van der Waals surface area (Å²) in [5.74, 6) is 0.991. The van der Waals surface area contributed by atoms with Gasteiger partial charge >= 0.3 is 0 Å². The minimum absolute atomic E-state index is 0.238. The molecule has 0 bridgehead atoms. The molecule has 4 nitrogen and oxygen atoms in total. The number of aromatic nitrogens is 1. The minimum Gasteiger partial charge on any atom is -0.447 e. The van der Waals surface area contributed by atoms with Crippen LogP contribution in [0.5, 0.6) is 10.8 Å². The topological polar surface area (TPSA) is 71.9 Å². The molecule has 4 aromatic rings. The molecule has 2 N–H and O–H groups in total. The molecule has 2 aromatic heterocycles. The van der Waals surface area contributed by atoms with Gasteiger partial charge in [-0.15, -0.1) is 0 Å². The van der Waals surface area contributed by atoms with Crippen molar-refractivity contribution in [3.05, 3.63) is 72.3 Å². The van der Waals surface area contributed by atoms with Crippen LogP contribution in [0.2, 0.25) is 0 Å². The third-order valence-electron chi connectivity index (χ3n) is 3.82. The van der Waals surface area contributed by atoms with Crippen LogP contribution in [0.1, 0.15) is 5.56 Å². The maximum absolute atomic E-state index is 9.56. The van der Waals surface area contributed by atoms with E-state index in [4.69, 9.17) is 10.5 Å². The number of nitrogens with zero attached hydrogens (tertiary/aromatic N) is 2. The van der Waals surface area contributed by atoms with E-state index in [1.165, 1.54) is 11.3 Å². The maximum atomic E-state index is 9.56. The second-order valence-electron chi connectivity index (χ2n) is 5.42. The zero-order valence-corrected chi connectivity index (χ0v) is 14.0. The van der Waals surface area contributed by atoms with E-state index in [0.717, 1.165) is 27.1 Å². The van der Waals surface area contributed by atoms with Crippen LogP contribution in [0, 0.1) is 11.3 Å². The number of nitrogen functional groups attached to an aromatic ring is 1. The number of nitrogens with two attached hydrogens (primary N) is 1. The lowest BCUT2D eigenvalue weighted by atomic mass is 9.98. The highest BCUT2D eigenvalue weighted by atomic mass is 32.1. The molecule has 0 fully saturated rings. The Morgan fingerprint density at radius 2 is 1.68 bits per heavy atom. The fourth-order valence-electron chi connectivity index (χ4n) is 2.72. The van der Waals surface area contributed by atoms with Gasteiger partial charge in [0.25, 0.3) is 0 Å². The minimum atomic E-state index is 0.238. The molecule has 0 amide bonds. The summed E-state index contributed by atoms with van der Waals surface area (Å²) in [5.41, 5.74) is 8.15. The number of nitriles is 1. The predicted octanol–water partition coefficient (Wildman–Crippen LogP) is 5.21. The molecule has 2 heterocycles. The Bertz CT molecular complexity index is 1080. The Labute approximate surface area is 148 Å². The van der Waals surface area contributed by atoms with Gasteiger partial charge in [0.05, 0.1) is 0 Å². The monoisotopic (exact) mass is 343 g/mol. The second kappa shape index (κ2) is 6.27. The molecular weight excluding hydrogens is 330 g/mol. The van der Waals surface area contributed by atoms with Gasteiger partial charge < -0.3 is 10.5 Å². The van der Waals surface area contributed by atoms with Crippen molar-refractivity contribution in [3.8, 4) is 28.0 Å². The number of hydrogen-bond acceptors (Lipinski definition) is 5. The third-order valence-corrected chi connectivity index (χ3v) is 4.73. The Kier molecular flexibility index (Phi) is 3.81. The van der Waals surface area contributed by atoms with Crippen molar-refractivity contribution >= 4 is 27.4 Å². The van der Waals surface area contributed by atoms with Gasteiger partial charge in [-0.3, -0.25) is 0 Å². The molecule has 0 aliphatic carbocycles. The van der Waals surface area contributed by atoms with Crippen LogP contribution < -0.4 is 10.5 Å². The van der Waals surface area contributed by atoms with Gasteiger partial charge in [-0.2, -0.15) is 5.26 Å². The SMILES string of the molecule is N#Cc1c(N)nc2sc(Oc3ccccc3)cc2c1-c1ccccc1. The van der Waals surface area contributed by atoms with E-state index >= 15 is 0 Å². The standard InChI is InChI=1S/C20H13N3OS/c21-12-16-18(13-7-3-1-4-8-13)15-11-17(25-20(15)23-19(16)22)24-14-9-5-2-6-10-14/h1-11H,(H2,22,23). The van der Waals surface area contributed by atoms with Crippen LogP contribution in [0.25, 0.3) is 21.3 Å². The van der Waals surface area contributed by atoms with E-state index in [9.17, 15) is 5.26 Å². The smallest absolute Gasteiger partial charge is 0.183 e. The van der Waals surface area contributed by atoms with E-state index in [0.29, 0.717) is 10.6 Å². The largest absolute Gasteiger partial charge is 0.447 e. The Morgan fingerprint density at radius 3 is 2.36 bits per heavy atom. The van der Waals surface area contributed by atoms with Crippen LogP contribution in [0.4, 0.5) is 5.82 Å². The first-order valence-electron chi connectivity index (χ1n) is 7.67. The van der Waals surface area contributed by atoms with Gasteiger partial charge in [-0.25, -0.2) is 4.98 Å². The van der Waals surface area contributed by atoms with Crippen molar-refractivity contribution in [2.45, 2.75) is 0 Å². The second-order valence-corrected chi connectivity index (χ2v) is 6.42. The molecular formula is C20H13N3OS. The van der Waals surface area contributed by atoms with E-state index < -0.39 is 0 Å². The summed E-state index contributed by atoms with van der Waals surface area (Å²) in [6.07, 6.45) is 0. The number of benzene rings is 2. The van der Waals surface area contributed by atoms with Crippen molar-refractivity contribution in [2.75, 3.05) is 5.73 Å². The first-order chi connectivity index (χ1) is 12.3. The molecule has 0 aliphatic heterocycles. The Balaban J connectivity index is 1.91. The first-order valence-corrected chi connectivity index (χ1v) is 8.49. The normalized spacial score (nSPS) is 10.5. The molecule has 0 aliphatic rings. The number of thiophene rings is 1. The summed E-state index contributed by atoms with van der Waals surface area (Å²) < 4.78 is 5.92. The van der Waals surface area contributed by atoms with Crippen LogP contribution in [0.15, 0.2) is 66.7 Å². The van der Waals surface area contributed by atoms with Crippen molar-refractivity contribution in [1.29, 1.82) is 5.26 Å². The number of anilines is 1. The summed E-state index contributed by atoms with van der Waals surface area (Å²) in [6, 6.07) is 23.4. The molecule has 25 heavy (non-hydrogen) atoms. The van der Waals surface area contributed by atoms with Crippen LogP contribution in [0.3, 0.4) is 0 Å². The van der Waals surface area contributed by atoms with Crippen LogP contribution in [-0.2, 0) is 0 Å². The number of hydrogen-bond donors (Lipinski definition) is 1. The highest BCUT2D eigenvalue weighted by Crippen LogP contribution is 2.41. The van der Waals surface area contributed by atoms with Gasteiger partial charge in [-0.1, -0.05) is 59.9 Å². The van der Waals surface area contributed by atoms with Crippen LogP contribution >= 0.6 is 11.3 Å². The highest BCUT2D eigenvalue weighted by Gasteiger charge is 2.18. The molecule has 0 spiro atoms. The fraction of sp³-hybridized carbons (Fsp3) is 0. The summed E-state index contributed by atoms with van der Waals surface area (Å²) in [5, 5.41) is 11.1. The molecule has 0 saturated heterocycles. The highest BCUT2D eigenvalue weighted by molar-refractivity contribution is 7.20. The zero-order chi connectivity index (χ0) is 17.2. The first kappa shape index (κ1) is 15.2. The van der Waals surface area contributed by atoms with E-state index in [1.807, 2.05) is 66.7 Å². The van der Waals surface area contributed by atoms with Gasteiger partial charge in [0, 0.05) is 17.0 Å². The predicted molar refractivity (Wildman–Crippen MR) is 101 cm³/mol. The number of para-hydroxylation sites is 1. The molecule has 0 radical (unpaired) electrons. The van der Waals surface area contributed by atoms with Crippen molar-refractivity contribution in [2.24, 2.45) is 0 Å². The van der Waals surface area contributed by atoms with Crippen LogP contribution in [-0.4, -0.2) is 4.98 Å². The molecule has 0 atom stereocenters. The lowest BCUT2D eigenvalue weighted by Crippen LogP contribution is -1.97. The summed E-state index contributed by atoms with van der Waals surface area (Å²) >= 11 is 1.41. The Hall–Kier alpha value is -3.36. The summed E-state index contributed by atoms with van der Waals surface area (Å²) in [6.45, 7) is 0. The van der Waals surface area contributed by atoms with Crippen molar-refractivity contribution in [1.82, 2.24) is 4.98 Å². The van der Waals surface area contributed by atoms with Gasteiger partial charge in [0.15, 0.2) is 5.06 Å². The summed E-state index contributed by atoms with van der Waals surface area (Å²) in [7, 11) is 0. The third kappa shape index (κ3) is 2.80. The molecule has 0 unspecified atom stereocenters. The Morgan fingerprint density at radius 1 is 1.00 bits per heavy atom. The number of ether oxygens (including phenoxy) is 1. The van der Waals surface area contributed by atoms with E-state index in [-0.39, 0.29) is 5.82 Å². The van der Waals surface area contributed by atoms with E-state index in [1.54, 1.807) is 0 Å². The molecule has 4 rings (SSSR count). The van der Waals surface area contributed by atoms with Crippen molar-refractivity contribution in [3.63, 3.8) is 0 Å². The number of fused-ring (bicyclic) bond motifs is 1. The lowest BCUT2D eigenvalue weighted by Gasteiger charge is -2.07. The lowest BCUT2D eigenvalue weighted by molar-refractivity contribution is 0.497. The van der Waals surface area contributed by atoms with Crippen molar-refractivity contribution < 1.29 is 4.74 Å². The summed E-state index contributed by atoms with van der Waals surface area (Å²) in [4.78, 5) is 5.14. The molecule has 2 aromatic carbocycles. The molecule has 120 valence electrons. The van der Waals surface area contributed by atoms with E-state index in [2.05, 4.69) is 11.1 Å². The number of pyridine rings is 1. The van der Waals surface area contributed by atoms with Gasteiger partial charge in [-0.05, 0) is 17.7 Å². The fourth-order valence-corrected chi connectivity index (χ4v) is 3.64. The quantitative estimate of drug-likeness (QED) is 0.554. The maximum Gasteiger partial charge on any atom is 0.183 e. The van der Waals surface area contributed by atoms with Gasteiger partial charge in [0.2, 0.25) is 0 Å². The number of rotatable bonds is 3. The molecule has 0 saturated carbocycles. The van der Waals surface area contributed by atoms with Gasteiger partial charge in [0.1, 0.15) is 28.0 Å². The molecule has 5 heteroatoms. The average Bonchev–Trinajstić information content (AvgIpc) is 3.03. The zero-order valence-electron chi connectivity index (χ0n) is 13.1. The average molecular weight is 343 g/mol.